The molecule has 0 fully saturated rings. The number of H-pyrrole nitrogens is 1. The van der Waals surface area contributed by atoms with Crippen molar-refractivity contribution in [3.05, 3.63) is 35.2 Å². The van der Waals surface area contributed by atoms with E-state index < -0.39 is 0 Å². The Balaban J connectivity index is 1.48. The standard InChI is InChI=1S/C18H29N7O/c1-4-5-6-24-7-8-25-16(12-24)9-15(23-25)11-20-18(26)22-14(3)17-19-10-13(2)21-17/h9-10,14H,4-8,11-12H2,1-3H3,(H,19,21)(H2,20,22,26)/t14-/m1/s1. The van der Waals surface area contributed by atoms with Gasteiger partial charge in [-0.15, -0.1) is 0 Å². The molecule has 0 aliphatic carbocycles. The van der Waals surface area contributed by atoms with Crippen LogP contribution in [0.4, 0.5) is 4.79 Å². The molecule has 8 heteroatoms. The monoisotopic (exact) mass is 359 g/mol. The quantitative estimate of drug-likeness (QED) is 0.706. The molecular formula is C18H29N7O. The van der Waals surface area contributed by atoms with E-state index in [4.69, 9.17) is 0 Å². The Morgan fingerprint density at radius 2 is 2.27 bits per heavy atom. The number of hydrogen-bond donors (Lipinski definition) is 3. The summed E-state index contributed by atoms with van der Waals surface area (Å²) in [7, 11) is 0. The van der Waals surface area contributed by atoms with E-state index in [1.54, 1.807) is 6.20 Å². The maximum absolute atomic E-state index is 12.1. The van der Waals surface area contributed by atoms with Crippen molar-refractivity contribution in [2.45, 2.75) is 59.3 Å². The molecule has 26 heavy (non-hydrogen) atoms. The number of carbonyl (C=O) groups excluding carboxylic acids is 1. The zero-order valence-electron chi connectivity index (χ0n) is 15.9. The Hall–Kier alpha value is -2.35. The van der Waals surface area contributed by atoms with E-state index >= 15 is 0 Å². The lowest BCUT2D eigenvalue weighted by molar-refractivity contribution is 0.210. The second-order valence-electron chi connectivity index (χ2n) is 6.98. The maximum atomic E-state index is 12.1. The molecule has 2 aromatic heterocycles. The molecular weight excluding hydrogens is 330 g/mol. The molecule has 2 aromatic rings. The first kappa shape index (κ1) is 18.4. The van der Waals surface area contributed by atoms with Crippen LogP contribution in [0.1, 0.15) is 55.6 Å². The number of nitrogens with one attached hydrogen (secondary N) is 3. The van der Waals surface area contributed by atoms with Crippen LogP contribution in [-0.4, -0.2) is 43.8 Å². The molecule has 3 rings (SSSR count). The first-order valence-electron chi connectivity index (χ1n) is 9.39. The minimum absolute atomic E-state index is 0.175. The van der Waals surface area contributed by atoms with Crippen LogP contribution in [0.5, 0.6) is 0 Å². The molecule has 0 unspecified atom stereocenters. The third-order valence-electron chi connectivity index (χ3n) is 4.67. The molecule has 8 nitrogen and oxygen atoms in total. The highest BCUT2D eigenvalue weighted by molar-refractivity contribution is 5.74. The molecule has 0 spiro atoms. The zero-order chi connectivity index (χ0) is 18.5. The lowest BCUT2D eigenvalue weighted by atomic mass is 10.2. The molecule has 0 bridgehead atoms. The second kappa shape index (κ2) is 8.35. The molecule has 0 saturated heterocycles. The van der Waals surface area contributed by atoms with Gasteiger partial charge in [0, 0.05) is 25.0 Å². The summed E-state index contributed by atoms with van der Waals surface area (Å²) in [6, 6.07) is 1.70. The van der Waals surface area contributed by atoms with Crippen molar-refractivity contribution in [3.8, 4) is 0 Å². The number of aromatic amines is 1. The maximum Gasteiger partial charge on any atom is 0.315 e. The Kier molecular flexibility index (Phi) is 5.92. The molecule has 1 atom stereocenters. The minimum atomic E-state index is -0.220. The number of amides is 2. The first-order valence-corrected chi connectivity index (χ1v) is 9.39. The van der Waals surface area contributed by atoms with Gasteiger partial charge in [0.2, 0.25) is 0 Å². The molecule has 0 aromatic carbocycles. The summed E-state index contributed by atoms with van der Waals surface area (Å²) >= 11 is 0. The van der Waals surface area contributed by atoms with E-state index in [9.17, 15) is 4.79 Å². The number of carbonyl (C=O) groups is 1. The summed E-state index contributed by atoms with van der Waals surface area (Å²) in [5.41, 5.74) is 3.10. The molecule has 142 valence electrons. The van der Waals surface area contributed by atoms with Crippen molar-refractivity contribution in [3.63, 3.8) is 0 Å². The van der Waals surface area contributed by atoms with Crippen molar-refractivity contribution in [1.29, 1.82) is 0 Å². The first-order chi connectivity index (χ1) is 12.5. The largest absolute Gasteiger partial charge is 0.344 e. The van der Waals surface area contributed by atoms with Crippen molar-refractivity contribution in [2.75, 3.05) is 13.1 Å². The normalized spacial score (nSPS) is 15.5. The molecule has 1 aliphatic heterocycles. The van der Waals surface area contributed by atoms with E-state index in [0.717, 1.165) is 43.4 Å². The smallest absolute Gasteiger partial charge is 0.315 e. The van der Waals surface area contributed by atoms with Gasteiger partial charge in [-0.2, -0.15) is 5.10 Å². The number of rotatable bonds is 7. The summed E-state index contributed by atoms with van der Waals surface area (Å²) in [6.07, 6.45) is 4.21. The fraction of sp³-hybridized carbons (Fsp3) is 0.611. The highest BCUT2D eigenvalue weighted by atomic mass is 16.2. The van der Waals surface area contributed by atoms with Crippen LogP contribution >= 0.6 is 0 Å². The van der Waals surface area contributed by atoms with E-state index in [1.807, 2.05) is 13.8 Å². The molecule has 3 heterocycles. The Bertz CT molecular complexity index is 736. The third-order valence-corrected chi connectivity index (χ3v) is 4.67. The molecule has 1 aliphatic rings. The molecule has 3 N–H and O–H groups in total. The number of unbranched alkanes of at least 4 members (excludes halogenated alkanes) is 1. The SMILES string of the molecule is CCCCN1CCn2nc(CNC(=O)N[C@H](C)c3ncc(C)[nH]3)cc2C1. The van der Waals surface area contributed by atoms with Crippen LogP contribution < -0.4 is 10.6 Å². The van der Waals surface area contributed by atoms with Gasteiger partial charge >= 0.3 is 6.03 Å². The van der Waals surface area contributed by atoms with Gasteiger partial charge in [0.25, 0.3) is 0 Å². The van der Waals surface area contributed by atoms with Crippen molar-refractivity contribution >= 4 is 6.03 Å². The van der Waals surface area contributed by atoms with Gasteiger partial charge < -0.3 is 15.6 Å². The average molecular weight is 359 g/mol. The van der Waals surface area contributed by atoms with Gasteiger partial charge in [-0.3, -0.25) is 9.58 Å². The lowest BCUT2D eigenvalue weighted by Gasteiger charge is -2.27. The van der Waals surface area contributed by atoms with Gasteiger partial charge in [0.05, 0.1) is 30.5 Å². The van der Waals surface area contributed by atoms with Crippen LogP contribution in [0.3, 0.4) is 0 Å². The van der Waals surface area contributed by atoms with Gasteiger partial charge in [-0.05, 0) is 32.9 Å². The van der Waals surface area contributed by atoms with Crippen LogP contribution in [0.2, 0.25) is 0 Å². The van der Waals surface area contributed by atoms with Gasteiger partial charge in [-0.1, -0.05) is 13.3 Å². The third kappa shape index (κ3) is 4.63. The summed E-state index contributed by atoms with van der Waals surface area (Å²) in [5, 5.41) is 10.4. The Labute approximate surface area is 154 Å². The average Bonchev–Trinajstić information content (AvgIpc) is 3.23. The summed E-state index contributed by atoms with van der Waals surface area (Å²) in [5.74, 6) is 0.752. The van der Waals surface area contributed by atoms with Crippen molar-refractivity contribution < 1.29 is 4.79 Å². The van der Waals surface area contributed by atoms with E-state index in [0.29, 0.717) is 6.54 Å². The van der Waals surface area contributed by atoms with E-state index in [2.05, 4.69) is 48.3 Å². The number of nitrogens with zero attached hydrogens (tertiary/aromatic N) is 4. The topological polar surface area (TPSA) is 90.9 Å². The van der Waals surface area contributed by atoms with Crippen LogP contribution in [0.25, 0.3) is 0 Å². The second-order valence-corrected chi connectivity index (χ2v) is 6.98. The number of imidazole rings is 1. The fourth-order valence-corrected chi connectivity index (χ4v) is 3.18. The summed E-state index contributed by atoms with van der Waals surface area (Å²) in [6.45, 7) is 10.5. The number of urea groups is 1. The molecule has 0 radical (unpaired) electrons. The van der Waals surface area contributed by atoms with Gasteiger partial charge in [0.1, 0.15) is 5.82 Å². The lowest BCUT2D eigenvalue weighted by Crippen LogP contribution is -2.37. The van der Waals surface area contributed by atoms with Gasteiger partial charge in [0.15, 0.2) is 0 Å². The van der Waals surface area contributed by atoms with Gasteiger partial charge in [-0.25, -0.2) is 9.78 Å². The zero-order valence-corrected chi connectivity index (χ0v) is 15.9. The Morgan fingerprint density at radius 3 is 3.00 bits per heavy atom. The Morgan fingerprint density at radius 1 is 1.42 bits per heavy atom. The predicted octanol–water partition coefficient (Wildman–Crippen LogP) is 2.09. The van der Waals surface area contributed by atoms with Crippen molar-refractivity contribution in [2.24, 2.45) is 0 Å². The van der Waals surface area contributed by atoms with Crippen LogP contribution in [-0.2, 0) is 19.6 Å². The summed E-state index contributed by atoms with van der Waals surface area (Å²) in [4.78, 5) is 22.0. The minimum Gasteiger partial charge on any atom is -0.344 e. The molecule has 0 saturated carbocycles. The van der Waals surface area contributed by atoms with Crippen molar-refractivity contribution in [1.82, 2.24) is 35.3 Å². The number of fused-ring (bicyclic) bond motifs is 1. The highest BCUT2D eigenvalue weighted by Crippen LogP contribution is 2.14. The van der Waals surface area contributed by atoms with Crippen LogP contribution in [0, 0.1) is 6.92 Å². The van der Waals surface area contributed by atoms with E-state index in [1.165, 1.54) is 18.5 Å². The number of aryl methyl sites for hydroxylation is 1. The fourth-order valence-electron chi connectivity index (χ4n) is 3.18. The predicted molar refractivity (Wildman–Crippen MR) is 99.5 cm³/mol. The number of hydrogen-bond acceptors (Lipinski definition) is 4. The number of aromatic nitrogens is 4. The van der Waals surface area contributed by atoms with E-state index in [-0.39, 0.29) is 12.1 Å². The molecule has 2 amide bonds. The summed E-state index contributed by atoms with van der Waals surface area (Å²) < 4.78 is 2.06. The highest BCUT2D eigenvalue weighted by Gasteiger charge is 2.18. The van der Waals surface area contributed by atoms with Crippen LogP contribution in [0.15, 0.2) is 12.3 Å².